The molecule has 1 rings (SSSR count). The second-order valence-corrected chi connectivity index (χ2v) is 4.87. The first kappa shape index (κ1) is 15.2. The summed E-state index contributed by atoms with van der Waals surface area (Å²) in [5.74, 6) is -0.229. The number of halogens is 2. The first-order valence-corrected chi connectivity index (χ1v) is 6.80. The molecule has 0 saturated carbocycles. The molecule has 1 atom stereocenters. The Bertz CT molecular complexity index is 379. The summed E-state index contributed by atoms with van der Waals surface area (Å²) in [6.07, 6.45) is 7.32. The molecule has 3 heteroatoms. The maximum absolute atomic E-state index is 13.8. The summed E-state index contributed by atoms with van der Waals surface area (Å²) in [6, 6.07) is 4.94. The predicted molar refractivity (Wildman–Crippen MR) is 76.5 cm³/mol. The van der Waals surface area contributed by atoms with Crippen LogP contribution in [0.1, 0.15) is 43.7 Å². The molecule has 0 aromatic heterocycles. The van der Waals surface area contributed by atoms with E-state index in [0.717, 1.165) is 32.1 Å². The highest BCUT2D eigenvalue weighted by atomic mass is 35.5. The lowest BCUT2D eigenvalue weighted by atomic mass is 9.99. The largest absolute Gasteiger partial charge is 0.313 e. The van der Waals surface area contributed by atoms with Gasteiger partial charge in [0.2, 0.25) is 0 Å². The Morgan fingerprint density at radius 1 is 1.39 bits per heavy atom. The predicted octanol–water partition coefficient (Wildman–Crippen LogP) is 4.88. The zero-order valence-corrected chi connectivity index (χ0v) is 11.6. The zero-order valence-electron chi connectivity index (χ0n) is 10.9. The monoisotopic (exact) mass is 269 g/mol. The van der Waals surface area contributed by atoms with Gasteiger partial charge in [-0.3, -0.25) is 0 Å². The Morgan fingerprint density at radius 3 is 2.78 bits per heavy atom. The summed E-state index contributed by atoms with van der Waals surface area (Å²) in [4.78, 5) is 0. The van der Waals surface area contributed by atoms with E-state index in [2.05, 4.69) is 11.9 Å². The van der Waals surface area contributed by atoms with E-state index in [1.165, 1.54) is 6.07 Å². The van der Waals surface area contributed by atoms with E-state index in [1.54, 1.807) is 12.1 Å². The van der Waals surface area contributed by atoms with Gasteiger partial charge in [-0.05, 0) is 38.4 Å². The molecular formula is C15H21ClFN. The topological polar surface area (TPSA) is 12.0 Å². The summed E-state index contributed by atoms with van der Waals surface area (Å²) >= 11 is 5.76. The second-order valence-electron chi connectivity index (χ2n) is 4.43. The molecule has 0 amide bonds. The van der Waals surface area contributed by atoms with Crippen LogP contribution in [0, 0.1) is 5.82 Å². The fraction of sp³-hybridized carbons (Fsp3) is 0.467. The Morgan fingerprint density at radius 2 is 2.17 bits per heavy atom. The van der Waals surface area contributed by atoms with Gasteiger partial charge >= 0.3 is 0 Å². The van der Waals surface area contributed by atoms with Gasteiger partial charge in [0.1, 0.15) is 5.82 Å². The highest BCUT2D eigenvalue weighted by Crippen LogP contribution is 2.24. The molecule has 0 aliphatic heterocycles. The molecule has 1 aromatic rings. The minimum absolute atomic E-state index is 0.0611. The van der Waals surface area contributed by atoms with Crippen LogP contribution >= 0.6 is 11.6 Å². The van der Waals surface area contributed by atoms with E-state index in [1.807, 2.05) is 13.1 Å². The molecule has 0 heterocycles. The second kappa shape index (κ2) is 8.28. The number of hydrogen-bond donors (Lipinski definition) is 1. The third kappa shape index (κ3) is 4.79. The van der Waals surface area contributed by atoms with Crippen LogP contribution in [0.25, 0.3) is 0 Å². The SMILES string of the molecule is C=CCCCCCC(NC)c1ccc(Cl)cc1F. The highest BCUT2D eigenvalue weighted by Gasteiger charge is 2.13. The molecule has 1 unspecified atom stereocenters. The van der Waals surface area contributed by atoms with Gasteiger partial charge in [0.25, 0.3) is 0 Å². The molecule has 0 fully saturated rings. The molecule has 100 valence electrons. The van der Waals surface area contributed by atoms with Gasteiger partial charge in [0.15, 0.2) is 0 Å². The van der Waals surface area contributed by atoms with Crippen LogP contribution in [0.5, 0.6) is 0 Å². The first-order valence-electron chi connectivity index (χ1n) is 6.42. The third-order valence-corrected chi connectivity index (χ3v) is 3.32. The van der Waals surface area contributed by atoms with Crippen molar-refractivity contribution in [3.63, 3.8) is 0 Å². The molecule has 1 N–H and O–H groups in total. The Balaban J connectivity index is 2.52. The third-order valence-electron chi connectivity index (χ3n) is 3.09. The molecule has 1 nitrogen and oxygen atoms in total. The molecule has 0 bridgehead atoms. The molecule has 0 radical (unpaired) electrons. The normalized spacial score (nSPS) is 12.4. The van der Waals surface area contributed by atoms with Crippen LogP contribution in [-0.4, -0.2) is 7.05 Å². The van der Waals surface area contributed by atoms with Crippen molar-refractivity contribution in [1.29, 1.82) is 0 Å². The standard InChI is InChI=1S/C15H21ClFN/c1-3-4-5-6-7-8-15(18-2)13-10-9-12(16)11-14(13)17/h3,9-11,15,18H,1,4-8H2,2H3. The van der Waals surface area contributed by atoms with Crippen molar-refractivity contribution in [2.24, 2.45) is 0 Å². The Hall–Kier alpha value is -0.860. The quantitative estimate of drug-likeness (QED) is 0.524. The minimum atomic E-state index is -0.229. The van der Waals surface area contributed by atoms with Crippen LogP contribution in [0.2, 0.25) is 5.02 Å². The van der Waals surface area contributed by atoms with E-state index in [0.29, 0.717) is 10.6 Å². The average molecular weight is 270 g/mol. The van der Waals surface area contributed by atoms with E-state index < -0.39 is 0 Å². The number of hydrogen-bond acceptors (Lipinski definition) is 1. The molecule has 0 aliphatic rings. The van der Waals surface area contributed by atoms with Crippen LogP contribution in [0.15, 0.2) is 30.9 Å². The van der Waals surface area contributed by atoms with Crippen molar-refractivity contribution in [3.8, 4) is 0 Å². The summed E-state index contributed by atoms with van der Waals surface area (Å²) in [6.45, 7) is 3.70. The van der Waals surface area contributed by atoms with Crippen molar-refractivity contribution in [3.05, 3.63) is 47.3 Å². The number of nitrogens with one attached hydrogen (secondary N) is 1. The van der Waals surface area contributed by atoms with Crippen LogP contribution < -0.4 is 5.32 Å². The lowest BCUT2D eigenvalue weighted by Crippen LogP contribution is -2.17. The van der Waals surface area contributed by atoms with Crippen molar-refractivity contribution in [2.75, 3.05) is 7.05 Å². The van der Waals surface area contributed by atoms with Gasteiger partial charge in [-0.2, -0.15) is 0 Å². The summed E-state index contributed by atoms with van der Waals surface area (Å²) in [5, 5.41) is 3.61. The zero-order chi connectivity index (χ0) is 13.4. The van der Waals surface area contributed by atoms with Crippen LogP contribution in [0.3, 0.4) is 0 Å². The van der Waals surface area contributed by atoms with Crippen LogP contribution in [-0.2, 0) is 0 Å². The molecule has 1 aromatic carbocycles. The van der Waals surface area contributed by atoms with Crippen molar-refractivity contribution >= 4 is 11.6 Å². The number of unbranched alkanes of at least 4 members (excludes halogenated alkanes) is 3. The smallest absolute Gasteiger partial charge is 0.129 e. The summed E-state index contributed by atoms with van der Waals surface area (Å²) in [5.41, 5.74) is 0.700. The van der Waals surface area contributed by atoms with E-state index in [9.17, 15) is 4.39 Å². The van der Waals surface area contributed by atoms with E-state index in [-0.39, 0.29) is 11.9 Å². The van der Waals surface area contributed by atoms with E-state index in [4.69, 9.17) is 11.6 Å². The number of allylic oxidation sites excluding steroid dienone is 1. The van der Waals surface area contributed by atoms with Crippen molar-refractivity contribution < 1.29 is 4.39 Å². The number of rotatable bonds is 8. The first-order chi connectivity index (χ1) is 8.69. The highest BCUT2D eigenvalue weighted by molar-refractivity contribution is 6.30. The molecule has 0 spiro atoms. The molecule has 18 heavy (non-hydrogen) atoms. The van der Waals surface area contributed by atoms with Crippen molar-refractivity contribution in [2.45, 2.75) is 38.1 Å². The summed E-state index contributed by atoms with van der Waals surface area (Å²) < 4.78 is 13.8. The lowest BCUT2D eigenvalue weighted by molar-refractivity contribution is 0.482. The summed E-state index contributed by atoms with van der Waals surface area (Å²) in [7, 11) is 1.86. The molecule has 0 aliphatic carbocycles. The van der Waals surface area contributed by atoms with Crippen molar-refractivity contribution in [1.82, 2.24) is 5.32 Å². The lowest BCUT2D eigenvalue weighted by Gasteiger charge is -2.17. The average Bonchev–Trinajstić information content (AvgIpc) is 2.35. The Kier molecular flexibility index (Phi) is 6.99. The van der Waals surface area contributed by atoms with Gasteiger partial charge in [-0.15, -0.1) is 6.58 Å². The van der Waals surface area contributed by atoms with Gasteiger partial charge in [0, 0.05) is 16.6 Å². The molecule has 0 saturated heterocycles. The molecular weight excluding hydrogens is 249 g/mol. The van der Waals surface area contributed by atoms with E-state index >= 15 is 0 Å². The number of benzene rings is 1. The van der Waals surface area contributed by atoms with Gasteiger partial charge in [-0.25, -0.2) is 4.39 Å². The maximum atomic E-state index is 13.8. The Labute approximate surface area is 114 Å². The minimum Gasteiger partial charge on any atom is -0.313 e. The van der Waals surface area contributed by atoms with Crippen LogP contribution in [0.4, 0.5) is 4.39 Å². The van der Waals surface area contributed by atoms with Gasteiger partial charge in [0.05, 0.1) is 0 Å². The maximum Gasteiger partial charge on any atom is 0.129 e. The fourth-order valence-electron chi connectivity index (χ4n) is 2.05. The van der Waals surface area contributed by atoms with Gasteiger partial charge in [-0.1, -0.05) is 36.6 Å². The fourth-order valence-corrected chi connectivity index (χ4v) is 2.21. The van der Waals surface area contributed by atoms with Gasteiger partial charge < -0.3 is 5.32 Å².